The van der Waals surface area contributed by atoms with Crippen molar-refractivity contribution in [2.75, 3.05) is 6.61 Å². The summed E-state index contributed by atoms with van der Waals surface area (Å²) in [7, 11) is 0. The third-order valence-corrected chi connectivity index (χ3v) is 1.57. The molecular weight excluding hydrogens is 176 g/mol. The molecule has 0 aromatic carbocycles. The SMILES string of the molecule is C=CCOC(=O)C=CCCCC=CC. The van der Waals surface area contributed by atoms with Gasteiger partial charge in [-0.15, -0.1) is 0 Å². The molecule has 0 aromatic rings. The van der Waals surface area contributed by atoms with Crippen molar-refractivity contribution >= 4 is 5.97 Å². The van der Waals surface area contributed by atoms with Gasteiger partial charge in [-0.05, 0) is 26.2 Å². The normalized spacial score (nSPS) is 10.9. The van der Waals surface area contributed by atoms with E-state index in [4.69, 9.17) is 4.74 Å². The standard InChI is InChI=1S/C12H18O2/c1-3-5-6-7-8-9-10-12(13)14-11-4-2/h3-5,9-10H,2,6-8,11H2,1H3. The molecule has 0 saturated carbocycles. The van der Waals surface area contributed by atoms with Gasteiger partial charge in [-0.1, -0.05) is 30.9 Å². The fourth-order valence-electron chi connectivity index (χ4n) is 0.889. The minimum atomic E-state index is -0.295. The fourth-order valence-corrected chi connectivity index (χ4v) is 0.889. The Balaban J connectivity index is 3.41. The lowest BCUT2D eigenvalue weighted by Gasteiger charge is -1.95. The molecule has 0 radical (unpaired) electrons. The molecular formula is C12H18O2. The summed E-state index contributed by atoms with van der Waals surface area (Å²) in [4.78, 5) is 10.9. The summed E-state index contributed by atoms with van der Waals surface area (Å²) < 4.78 is 4.76. The van der Waals surface area contributed by atoms with E-state index in [9.17, 15) is 4.79 Å². The molecule has 2 heteroatoms. The maximum Gasteiger partial charge on any atom is 0.330 e. The summed E-state index contributed by atoms with van der Waals surface area (Å²) in [5, 5.41) is 0. The minimum absolute atomic E-state index is 0.280. The van der Waals surface area contributed by atoms with E-state index in [0.717, 1.165) is 19.3 Å². The van der Waals surface area contributed by atoms with Crippen molar-refractivity contribution < 1.29 is 9.53 Å². The van der Waals surface area contributed by atoms with Gasteiger partial charge in [-0.25, -0.2) is 4.79 Å². The summed E-state index contributed by atoms with van der Waals surface area (Å²) in [5.41, 5.74) is 0. The van der Waals surface area contributed by atoms with Crippen molar-refractivity contribution in [3.63, 3.8) is 0 Å². The van der Waals surface area contributed by atoms with Crippen LogP contribution in [-0.4, -0.2) is 12.6 Å². The molecule has 0 rings (SSSR count). The summed E-state index contributed by atoms with van der Waals surface area (Å²) in [6, 6.07) is 0. The van der Waals surface area contributed by atoms with Gasteiger partial charge in [0.05, 0.1) is 0 Å². The minimum Gasteiger partial charge on any atom is -0.458 e. The van der Waals surface area contributed by atoms with Crippen molar-refractivity contribution in [3.8, 4) is 0 Å². The van der Waals surface area contributed by atoms with E-state index >= 15 is 0 Å². The third kappa shape index (κ3) is 8.78. The zero-order chi connectivity index (χ0) is 10.6. The van der Waals surface area contributed by atoms with E-state index in [2.05, 4.69) is 12.7 Å². The number of unbranched alkanes of at least 4 members (excludes halogenated alkanes) is 2. The largest absolute Gasteiger partial charge is 0.458 e. The molecule has 0 saturated heterocycles. The Morgan fingerprint density at radius 1 is 1.36 bits per heavy atom. The number of ether oxygens (including phenoxy) is 1. The number of esters is 1. The van der Waals surface area contributed by atoms with Crippen LogP contribution in [0.15, 0.2) is 37.0 Å². The van der Waals surface area contributed by atoms with Gasteiger partial charge in [0.25, 0.3) is 0 Å². The van der Waals surface area contributed by atoms with E-state index in [1.807, 2.05) is 19.1 Å². The van der Waals surface area contributed by atoms with Crippen LogP contribution >= 0.6 is 0 Å². The van der Waals surface area contributed by atoms with Crippen LogP contribution < -0.4 is 0 Å². The van der Waals surface area contributed by atoms with Crippen molar-refractivity contribution in [3.05, 3.63) is 37.0 Å². The summed E-state index contributed by atoms with van der Waals surface area (Å²) in [6.45, 7) is 5.74. The number of rotatable bonds is 7. The van der Waals surface area contributed by atoms with Crippen molar-refractivity contribution in [2.45, 2.75) is 26.2 Å². The first-order valence-corrected chi connectivity index (χ1v) is 4.86. The first-order chi connectivity index (χ1) is 6.81. The van der Waals surface area contributed by atoms with Gasteiger partial charge in [-0.2, -0.15) is 0 Å². The van der Waals surface area contributed by atoms with Crippen LogP contribution in [0.3, 0.4) is 0 Å². The lowest BCUT2D eigenvalue weighted by molar-refractivity contribution is -0.136. The van der Waals surface area contributed by atoms with Gasteiger partial charge in [0.2, 0.25) is 0 Å². The van der Waals surface area contributed by atoms with Gasteiger partial charge in [0.15, 0.2) is 0 Å². The Labute approximate surface area is 86.0 Å². The Bertz CT molecular complexity index is 214. The van der Waals surface area contributed by atoms with Crippen LogP contribution in [0.5, 0.6) is 0 Å². The highest BCUT2D eigenvalue weighted by molar-refractivity contribution is 5.81. The van der Waals surface area contributed by atoms with E-state index in [1.54, 1.807) is 6.08 Å². The number of carbonyl (C=O) groups excluding carboxylic acids is 1. The Morgan fingerprint density at radius 3 is 2.71 bits per heavy atom. The second kappa shape index (κ2) is 9.78. The molecule has 0 unspecified atom stereocenters. The molecule has 0 bridgehead atoms. The van der Waals surface area contributed by atoms with Gasteiger partial charge in [0, 0.05) is 6.08 Å². The van der Waals surface area contributed by atoms with E-state index in [0.29, 0.717) is 0 Å². The molecule has 78 valence electrons. The molecule has 14 heavy (non-hydrogen) atoms. The predicted octanol–water partition coefficient (Wildman–Crippen LogP) is 3.02. The average molecular weight is 194 g/mol. The van der Waals surface area contributed by atoms with E-state index in [-0.39, 0.29) is 12.6 Å². The molecule has 2 nitrogen and oxygen atoms in total. The van der Waals surface area contributed by atoms with Crippen molar-refractivity contribution in [2.24, 2.45) is 0 Å². The number of hydrogen-bond acceptors (Lipinski definition) is 2. The van der Waals surface area contributed by atoms with Crippen LogP contribution in [-0.2, 0) is 9.53 Å². The fraction of sp³-hybridized carbons (Fsp3) is 0.417. The number of hydrogen-bond donors (Lipinski definition) is 0. The van der Waals surface area contributed by atoms with Crippen molar-refractivity contribution in [1.29, 1.82) is 0 Å². The predicted molar refractivity (Wildman–Crippen MR) is 59.0 cm³/mol. The quantitative estimate of drug-likeness (QED) is 0.269. The topological polar surface area (TPSA) is 26.3 Å². The molecule has 0 aromatic heterocycles. The summed E-state index contributed by atoms with van der Waals surface area (Å²) >= 11 is 0. The lowest BCUT2D eigenvalue weighted by atomic mass is 10.2. The monoisotopic (exact) mass is 194 g/mol. The van der Waals surface area contributed by atoms with Crippen LogP contribution in [0.25, 0.3) is 0 Å². The summed E-state index contributed by atoms with van der Waals surface area (Å²) in [6.07, 6.45) is 12.0. The third-order valence-electron chi connectivity index (χ3n) is 1.57. The van der Waals surface area contributed by atoms with Crippen LogP contribution in [0.4, 0.5) is 0 Å². The van der Waals surface area contributed by atoms with Gasteiger partial charge in [-0.3, -0.25) is 0 Å². The first-order valence-electron chi connectivity index (χ1n) is 4.86. The molecule has 0 heterocycles. The average Bonchev–Trinajstić information content (AvgIpc) is 2.20. The molecule has 0 atom stereocenters. The second-order valence-electron chi connectivity index (χ2n) is 2.82. The second-order valence-corrected chi connectivity index (χ2v) is 2.82. The van der Waals surface area contributed by atoms with Crippen molar-refractivity contribution in [1.82, 2.24) is 0 Å². The first kappa shape index (κ1) is 12.7. The Hall–Kier alpha value is -1.31. The van der Waals surface area contributed by atoms with Crippen LogP contribution in [0.2, 0.25) is 0 Å². The number of carbonyl (C=O) groups is 1. The lowest BCUT2D eigenvalue weighted by Crippen LogP contribution is -1.99. The zero-order valence-corrected chi connectivity index (χ0v) is 8.74. The zero-order valence-electron chi connectivity index (χ0n) is 8.74. The Kier molecular flexibility index (Phi) is 8.86. The van der Waals surface area contributed by atoms with Gasteiger partial charge in [0.1, 0.15) is 6.61 Å². The molecule has 0 amide bonds. The van der Waals surface area contributed by atoms with E-state index in [1.165, 1.54) is 6.08 Å². The maximum absolute atomic E-state index is 10.9. The molecule has 0 fully saturated rings. The maximum atomic E-state index is 10.9. The van der Waals surface area contributed by atoms with Gasteiger partial charge < -0.3 is 4.74 Å². The Morgan fingerprint density at radius 2 is 2.07 bits per heavy atom. The highest BCUT2D eigenvalue weighted by Gasteiger charge is 1.92. The molecule has 0 N–H and O–H groups in total. The van der Waals surface area contributed by atoms with E-state index < -0.39 is 0 Å². The summed E-state index contributed by atoms with van der Waals surface area (Å²) in [5.74, 6) is -0.295. The molecule has 0 aliphatic heterocycles. The van der Waals surface area contributed by atoms with Gasteiger partial charge >= 0.3 is 5.97 Å². The molecule has 0 aliphatic carbocycles. The smallest absolute Gasteiger partial charge is 0.330 e. The van der Waals surface area contributed by atoms with Crippen LogP contribution in [0.1, 0.15) is 26.2 Å². The van der Waals surface area contributed by atoms with Crippen LogP contribution in [0, 0.1) is 0 Å². The molecule has 0 aliphatic rings. The highest BCUT2D eigenvalue weighted by Crippen LogP contribution is 1.98. The molecule has 0 spiro atoms. The number of allylic oxidation sites excluding steroid dienone is 3. The highest BCUT2D eigenvalue weighted by atomic mass is 16.5.